The lowest BCUT2D eigenvalue weighted by Gasteiger charge is -2.12. The third kappa shape index (κ3) is 2.84. The van der Waals surface area contributed by atoms with Gasteiger partial charge in [-0.1, -0.05) is 30.3 Å². The van der Waals surface area contributed by atoms with Crippen LogP contribution in [0.3, 0.4) is 0 Å². The van der Waals surface area contributed by atoms with E-state index in [1.165, 1.54) is 6.20 Å². The molecular weight excluding hydrogens is 298 g/mol. The molecule has 3 aromatic rings. The van der Waals surface area contributed by atoms with Crippen LogP contribution in [-0.2, 0) is 13.0 Å². The Hall–Kier alpha value is -3.00. The number of fused-ring (bicyclic) bond motifs is 1. The molecule has 0 fully saturated rings. The first kappa shape index (κ1) is 14.9. The van der Waals surface area contributed by atoms with Gasteiger partial charge in [0.25, 0.3) is 0 Å². The summed E-state index contributed by atoms with van der Waals surface area (Å²) in [5.74, 6) is -2.12. The normalized spacial score (nSPS) is 10.7. The van der Waals surface area contributed by atoms with Gasteiger partial charge in [0.05, 0.1) is 10.9 Å². The molecule has 0 saturated carbocycles. The molecule has 0 saturated heterocycles. The van der Waals surface area contributed by atoms with Gasteiger partial charge in [-0.2, -0.15) is 5.26 Å². The smallest absolute Gasteiger partial charge is 0.207 e. The third-order valence-electron chi connectivity index (χ3n) is 3.73. The second kappa shape index (κ2) is 6.01. The van der Waals surface area contributed by atoms with Gasteiger partial charge >= 0.3 is 0 Å². The molecule has 1 aromatic heterocycles. The van der Waals surface area contributed by atoms with Crippen molar-refractivity contribution in [2.24, 2.45) is 0 Å². The van der Waals surface area contributed by atoms with Crippen LogP contribution >= 0.6 is 0 Å². The molecule has 3 rings (SSSR count). The van der Waals surface area contributed by atoms with Gasteiger partial charge in [-0.05, 0) is 18.1 Å². The summed E-state index contributed by atoms with van der Waals surface area (Å²) >= 11 is 0. The Morgan fingerprint density at radius 3 is 2.48 bits per heavy atom. The first-order valence-electron chi connectivity index (χ1n) is 7.06. The average Bonchev–Trinajstić information content (AvgIpc) is 2.57. The SMILES string of the molecule is N#Cc1cn(CCc2ccccc2)c2cc(F)c(F)cc2c1=O. The van der Waals surface area contributed by atoms with Crippen molar-refractivity contribution in [2.45, 2.75) is 13.0 Å². The van der Waals surface area contributed by atoms with Crippen LogP contribution in [0.5, 0.6) is 0 Å². The van der Waals surface area contributed by atoms with E-state index in [4.69, 9.17) is 5.26 Å². The van der Waals surface area contributed by atoms with Gasteiger partial charge < -0.3 is 4.57 Å². The number of benzene rings is 2. The van der Waals surface area contributed by atoms with Gasteiger partial charge in [-0.3, -0.25) is 4.79 Å². The molecular formula is C18H12F2N2O. The maximum absolute atomic E-state index is 13.6. The average molecular weight is 310 g/mol. The zero-order valence-electron chi connectivity index (χ0n) is 12.1. The van der Waals surface area contributed by atoms with Crippen LogP contribution in [0, 0.1) is 23.0 Å². The number of aromatic nitrogens is 1. The molecule has 0 aliphatic carbocycles. The van der Waals surface area contributed by atoms with Gasteiger partial charge in [-0.15, -0.1) is 0 Å². The van der Waals surface area contributed by atoms with Crippen molar-refractivity contribution in [3.8, 4) is 6.07 Å². The highest BCUT2D eigenvalue weighted by Crippen LogP contribution is 2.17. The fourth-order valence-corrected chi connectivity index (χ4v) is 2.54. The van der Waals surface area contributed by atoms with Crippen LogP contribution in [0.25, 0.3) is 10.9 Å². The Labute approximate surface area is 131 Å². The van der Waals surface area contributed by atoms with E-state index in [0.717, 1.165) is 17.7 Å². The maximum atomic E-state index is 13.6. The largest absolute Gasteiger partial charge is 0.345 e. The summed E-state index contributed by atoms with van der Waals surface area (Å²) in [6, 6.07) is 13.3. The molecule has 0 bridgehead atoms. The van der Waals surface area contributed by atoms with Crippen molar-refractivity contribution in [3.63, 3.8) is 0 Å². The number of hydrogen-bond acceptors (Lipinski definition) is 2. The monoisotopic (exact) mass is 310 g/mol. The molecule has 1 heterocycles. The lowest BCUT2D eigenvalue weighted by molar-refractivity contribution is 0.510. The number of halogens is 2. The zero-order valence-corrected chi connectivity index (χ0v) is 12.1. The molecule has 5 heteroatoms. The predicted molar refractivity (Wildman–Crippen MR) is 83.0 cm³/mol. The molecule has 0 radical (unpaired) electrons. The summed E-state index contributed by atoms with van der Waals surface area (Å²) in [5.41, 5.74) is 0.679. The van der Waals surface area contributed by atoms with Crippen LogP contribution in [0.15, 0.2) is 53.5 Å². The first-order chi connectivity index (χ1) is 11.1. The van der Waals surface area contributed by atoms with Gasteiger partial charge in [0.2, 0.25) is 5.43 Å². The van der Waals surface area contributed by atoms with Crippen LogP contribution in [-0.4, -0.2) is 4.57 Å². The Kier molecular flexibility index (Phi) is 3.90. The summed E-state index contributed by atoms with van der Waals surface area (Å²) in [6.07, 6.45) is 2.04. The number of rotatable bonds is 3. The zero-order chi connectivity index (χ0) is 16.4. The van der Waals surface area contributed by atoms with Crippen molar-refractivity contribution in [2.75, 3.05) is 0 Å². The molecule has 0 N–H and O–H groups in total. The van der Waals surface area contributed by atoms with Crippen LogP contribution < -0.4 is 5.43 Å². The van der Waals surface area contributed by atoms with Gasteiger partial charge in [-0.25, -0.2) is 8.78 Å². The molecule has 0 spiro atoms. The summed E-state index contributed by atoms with van der Waals surface area (Å²) in [4.78, 5) is 12.1. The number of hydrogen-bond donors (Lipinski definition) is 0. The topological polar surface area (TPSA) is 45.8 Å². The minimum absolute atomic E-state index is 0.0102. The lowest BCUT2D eigenvalue weighted by atomic mass is 10.1. The van der Waals surface area contributed by atoms with E-state index in [9.17, 15) is 13.6 Å². The molecule has 0 aliphatic heterocycles. The first-order valence-corrected chi connectivity index (χ1v) is 7.06. The van der Waals surface area contributed by atoms with E-state index in [-0.39, 0.29) is 16.5 Å². The number of pyridine rings is 1. The van der Waals surface area contributed by atoms with Crippen LogP contribution in [0.4, 0.5) is 8.78 Å². The van der Waals surface area contributed by atoms with E-state index in [1.54, 1.807) is 4.57 Å². The fraction of sp³-hybridized carbons (Fsp3) is 0.111. The second-order valence-electron chi connectivity index (χ2n) is 5.20. The van der Waals surface area contributed by atoms with E-state index in [2.05, 4.69) is 0 Å². The van der Waals surface area contributed by atoms with Crippen molar-refractivity contribution >= 4 is 10.9 Å². The Morgan fingerprint density at radius 1 is 1.09 bits per heavy atom. The van der Waals surface area contributed by atoms with Crippen molar-refractivity contribution in [3.05, 3.63) is 81.6 Å². The van der Waals surface area contributed by atoms with E-state index in [0.29, 0.717) is 13.0 Å². The second-order valence-corrected chi connectivity index (χ2v) is 5.20. The van der Waals surface area contributed by atoms with E-state index < -0.39 is 17.1 Å². The molecule has 2 aromatic carbocycles. The van der Waals surface area contributed by atoms with Gasteiger partial charge in [0, 0.05) is 18.8 Å². The highest BCUT2D eigenvalue weighted by Gasteiger charge is 2.13. The predicted octanol–water partition coefficient (Wildman–Crippen LogP) is 3.39. The van der Waals surface area contributed by atoms with Crippen molar-refractivity contribution < 1.29 is 8.78 Å². The summed E-state index contributed by atoms with van der Waals surface area (Å²) in [7, 11) is 0. The minimum atomic E-state index is -1.10. The number of nitriles is 1. The van der Waals surface area contributed by atoms with E-state index in [1.807, 2.05) is 36.4 Å². The molecule has 0 atom stereocenters. The Bertz CT molecular complexity index is 972. The third-order valence-corrected chi connectivity index (χ3v) is 3.73. The molecule has 0 amide bonds. The van der Waals surface area contributed by atoms with Crippen molar-refractivity contribution in [1.29, 1.82) is 5.26 Å². The lowest BCUT2D eigenvalue weighted by Crippen LogP contribution is -2.14. The Balaban J connectivity index is 2.12. The number of nitrogens with zero attached hydrogens (tertiary/aromatic N) is 2. The summed E-state index contributed by atoms with van der Waals surface area (Å²) in [6.45, 7) is 0.445. The maximum Gasteiger partial charge on any atom is 0.207 e. The summed E-state index contributed by atoms with van der Waals surface area (Å²) < 4.78 is 28.6. The van der Waals surface area contributed by atoms with Crippen LogP contribution in [0.2, 0.25) is 0 Å². The van der Waals surface area contributed by atoms with Crippen LogP contribution in [0.1, 0.15) is 11.1 Å². The van der Waals surface area contributed by atoms with Crippen molar-refractivity contribution in [1.82, 2.24) is 4.57 Å². The minimum Gasteiger partial charge on any atom is -0.345 e. The fourth-order valence-electron chi connectivity index (χ4n) is 2.54. The summed E-state index contributed by atoms with van der Waals surface area (Å²) in [5, 5.41) is 9.09. The quantitative estimate of drug-likeness (QED) is 0.744. The molecule has 0 aliphatic rings. The molecule has 3 nitrogen and oxygen atoms in total. The Morgan fingerprint density at radius 2 is 1.78 bits per heavy atom. The molecule has 114 valence electrons. The number of aryl methyl sites for hydroxylation is 2. The van der Waals surface area contributed by atoms with E-state index >= 15 is 0 Å². The molecule has 23 heavy (non-hydrogen) atoms. The van der Waals surface area contributed by atoms with Gasteiger partial charge in [0.1, 0.15) is 11.6 Å². The molecule has 0 unspecified atom stereocenters. The highest BCUT2D eigenvalue weighted by atomic mass is 19.2. The standard InChI is InChI=1S/C18H12F2N2O/c19-15-8-14-17(9-16(15)20)22(11-13(10-21)18(14)23)7-6-12-4-2-1-3-5-12/h1-5,8-9,11H,6-7H2. The van der Waals surface area contributed by atoms with Gasteiger partial charge in [0.15, 0.2) is 11.6 Å². The highest BCUT2D eigenvalue weighted by molar-refractivity contribution is 5.80.